The maximum atomic E-state index is 12.1. The van der Waals surface area contributed by atoms with Gasteiger partial charge in [0, 0.05) is 6.54 Å². The van der Waals surface area contributed by atoms with Crippen molar-refractivity contribution >= 4 is 5.91 Å². The van der Waals surface area contributed by atoms with E-state index >= 15 is 0 Å². The number of hydrogen-bond donors (Lipinski definition) is 1. The zero-order valence-corrected chi connectivity index (χ0v) is 11.8. The first-order valence-corrected chi connectivity index (χ1v) is 6.94. The molecule has 1 aliphatic heterocycles. The van der Waals surface area contributed by atoms with Gasteiger partial charge in [-0.25, -0.2) is 0 Å². The van der Waals surface area contributed by atoms with Gasteiger partial charge < -0.3 is 14.8 Å². The van der Waals surface area contributed by atoms with Gasteiger partial charge in [-0.05, 0) is 24.6 Å². The predicted molar refractivity (Wildman–Crippen MR) is 79.4 cm³/mol. The quantitative estimate of drug-likeness (QED) is 0.941. The Balaban J connectivity index is 1.58. The Kier molecular flexibility index (Phi) is 3.77. The van der Waals surface area contributed by atoms with Crippen LogP contribution in [0.1, 0.15) is 11.1 Å². The van der Waals surface area contributed by atoms with E-state index in [1.807, 2.05) is 49.4 Å². The van der Waals surface area contributed by atoms with E-state index < -0.39 is 6.10 Å². The Morgan fingerprint density at radius 2 is 1.86 bits per heavy atom. The van der Waals surface area contributed by atoms with Gasteiger partial charge in [0.2, 0.25) is 6.10 Å². The summed E-state index contributed by atoms with van der Waals surface area (Å²) in [6.07, 6.45) is -0.606. The SMILES string of the molecule is Cc1ccc(CNC(=O)[C@@H]2COc3ccccc3O2)cc1. The molecule has 3 rings (SSSR count). The van der Waals surface area contributed by atoms with Gasteiger partial charge in [-0.2, -0.15) is 0 Å². The van der Waals surface area contributed by atoms with Crippen LogP contribution in [0, 0.1) is 6.92 Å². The third-order valence-electron chi connectivity index (χ3n) is 3.39. The molecule has 0 radical (unpaired) electrons. The smallest absolute Gasteiger partial charge is 0.264 e. The first-order valence-electron chi connectivity index (χ1n) is 6.94. The van der Waals surface area contributed by atoms with Gasteiger partial charge in [0.15, 0.2) is 11.5 Å². The summed E-state index contributed by atoms with van der Waals surface area (Å²) in [5, 5.41) is 2.87. The minimum Gasteiger partial charge on any atom is -0.485 e. The molecule has 1 amide bonds. The second-order valence-corrected chi connectivity index (χ2v) is 5.07. The molecule has 0 aliphatic carbocycles. The Labute approximate surface area is 123 Å². The van der Waals surface area contributed by atoms with Crippen LogP contribution in [0.5, 0.6) is 11.5 Å². The van der Waals surface area contributed by atoms with Crippen molar-refractivity contribution in [1.82, 2.24) is 5.32 Å². The first kappa shape index (κ1) is 13.5. The summed E-state index contributed by atoms with van der Waals surface area (Å²) in [4.78, 5) is 12.1. The molecule has 0 spiro atoms. The van der Waals surface area contributed by atoms with E-state index in [-0.39, 0.29) is 12.5 Å². The van der Waals surface area contributed by atoms with Crippen LogP contribution in [-0.4, -0.2) is 18.6 Å². The van der Waals surface area contributed by atoms with Crippen molar-refractivity contribution in [2.75, 3.05) is 6.61 Å². The fourth-order valence-corrected chi connectivity index (χ4v) is 2.16. The molecule has 108 valence electrons. The third kappa shape index (κ3) is 3.16. The van der Waals surface area contributed by atoms with Crippen molar-refractivity contribution in [2.45, 2.75) is 19.6 Å². The van der Waals surface area contributed by atoms with Crippen molar-refractivity contribution in [2.24, 2.45) is 0 Å². The number of aryl methyl sites for hydroxylation is 1. The molecular formula is C17H17NO3. The number of hydrogen-bond acceptors (Lipinski definition) is 3. The minimum atomic E-state index is -0.606. The Bertz CT molecular complexity index is 637. The number of para-hydroxylation sites is 2. The zero-order chi connectivity index (χ0) is 14.7. The molecule has 0 saturated heterocycles. The number of carbonyl (C=O) groups is 1. The molecule has 1 atom stereocenters. The monoisotopic (exact) mass is 283 g/mol. The second kappa shape index (κ2) is 5.87. The van der Waals surface area contributed by atoms with Crippen LogP contribution in [0.3, 0.4) is 0 Å². The van der Waals surface area contributed by atoms with Gasteiger partial charge in [0.1, 0.15) is 6.61 Å². The summed E-state index contributed by atoms with van der Waals surface area (Å²) in [5.41, 5.74) is 2.26. The number of benzene rings is 2. The van der Waals surface area contributed by atoms with Gasteiger partial charge in [-0.15, -0.1) is 0 Å². The van der Waals surface area contributed by atoms with Crippen molar-refractivity contribution in [1.29, 1.82) is 0 Å². The predicted octanol–water partition coefficient (Wildman–Crippen LogP) is 2.45. The highest BCUT2D eigenvalue weighted by molar-refractivity contribution is 5.81. The normalized spacial score (nSPS) is 16.3. The summed E-state index contributed by atoms with van der Waals surface area (Å²) in [6, 6.07) is 15.4. The van der Waals surface area contributed by atoms with Gasteiger partial charge in [-0.3, -0.25) is 4.79 Å². The van der Waals surface area contributed by atoms with E-state index in [2.05, 4.69) is 5.32 Å². The molecule has 1 heterocycles. The van der Waals surface area contributed by atoms with Crippen molar-refractivity contribution in [3.05, 3.63) is 59.7 Å². The lowest BCUT2D eigenvalue weighted by molar-refractivity contribution is -0.130. The number of rotatable bonds is 3. The van der Waals surface area contributed by atoms with E-state index in [0.717, 1.165) is 5.56 Å². The topological polar surface area (TPSA) is 47.6 Å². The van der Waals surface area contributed by atoms with Crippen LogP contribution in [0.4, 0.5) is 0 Å². The van der Waals surface area contributed by atoms with Crippen LogP contribution in [-0.2, 0) is 11.3 Å². The van der Waals surface area contributed by atoms with E-state index in [4.69, 9.17) is 9.47 Å². The molecule has 0 aromatic heterocycles. The number of amides is 1. The summed E-state index contributed by atoms with van der Waals surface area (Å²) in [5.74, 6) is 1.13. The minimum absolute atomic E-state index is 0.162. The van der Waals surface area contributed by atoms with Gasteiger partial charge in [-0.1, -0.05) is 42.0 Å². The first-order chi connectivity index (χ1) is 10.2. The maximum Gasteiger partial charge on any atom is 0.264 e. The van der Waals surface area contributed by atoms with E-state index in [1.165, 1.54) is 5.56 Å². The number of ether oxygens (including phenoxy) is 2. The molecule has 4 nitrogen and oxygen atoms in total. The molecule has 0 fully saturated rings. The van der Waals surface area contributed by atoms with Crippen molar-refractivity contribution < 1.29 is 14.3 Å². The van der Waals surface area contributed by atoms with Crippen molar-refractivity contribution in [3.8, 4) is 11.5 Å². The fraction of sp³-hybridized carbons (Fsp3) is 0.235. The average Bonchev–Trinajstić information content (AvgIpc) is 2.53. The molecule has 21 heavy (non-hydrogen) atoms. The molecule has 1 N–H and O–H groups in total. The summed E-state index contributed by atoms with van der Waals surface area (Å²) in [7, 11) is 0. The Morgan fingerprint density at radius 1 is 1.14 bits per heavy atom. The lowest BCUT2D eigenvalue weighted by Crippen LogP contribution is -2.43. The third-order valence-corrected chi connectivity index (χ3v) is 3.39. The molecule has 0 unspecified atom stereocenters. The van der Waals surface area contributed by atoms with E-state index in [1.54, 1.807) is 6.07 Å². The highest BCUT2D eigenvalue weighted by atomic mass is 16.6. The Morgan fingerprint density at radius 3 is 2.62 bits per heavy atom. The molecular weight excluding hydrogens is 266 g/mol. The van der Waals surface area contributed by atoms with Crippen LogP contribution < -0.4 is 14.8 Å². The highest BCUT2D eigenvalue weighted by Crippen LogP contribution is 2.30. The summed E-state index contributed by atoms with van der Waals surface area (Å²) in [6.45, 7) is 2.75. The zero-order valence-electron chi connectivity index (χ0n) is 11.8. The van der Waals surface area contributed by atoms with E-state index in [0.29, 0.717) is 18.0 Å². The van der Waals surface area contributed by atoms with Crippen LogP contribution >= 0.6 is 0 Å². The molecule has 4 heteroatoms. The standard InChI is InChI=1S/C17H17NO3/c1-12-6-8-13(9-7-12)10-18-17(19)16-11-20-14-4-2-3-5-15(14)21-16/h2-9,16H,10-11H2,1H3,(H,18,19)/t16-/m0/s1. The Hall–Kier alpha value is -2.49. The highest BCUT2D eigenvalue weighted by Gasteiger charge is 2.26. The average molecular weight is 283 g/mol. The number of fused-ring (bicyclic) bond motifs is 1. The van der Waals surface area contributed by atoms with Crippen LogP contribution in [0.25, 0.3) is 0 Å². The fourth-order valence-electron chi connectivity index (χ4n) is 2.16. The molecule has 0 saturated carbocycles. The second-order valence-electron chi connectivity index (χ2n) is 5.07. The molecule has 2 aromatic carbocycles. The van der Waals surface area contributed by atoms with Gasteiger partial charge >= 0.3 is 0 Å². The number of carbonyl (C=O) groups excluding carboxylic acids is 1. The van der Waals surface area contributed by atoms with E-state index in [9.17, 15) is 4.79 Å². The lowest BCUT2D eigenvalue weighted by atomic mass is 10.1. The number of nitrogens with one attached hydrogen (secondary N) is 1. The largest absolute Gasteiger partial charge is 0.485 e. The summed E-state index contributed by atoms with van der Waals surface area (Å²) >= 11 is 0. The molecule has 0 bridgehead atoms. The van der Waals surface area contributed by atoms with Gasteiger partial charge in [0.05, 0.1) is 0 Å². The maximum absolute atomic E-state index is 12.1. The van der Waals surface area contributed by atoms with Crippen LogP contribution in [0.15, 0.2) is 48.5 Å². The summed E-state index contributed by atoms with van der Waals surface area (Å²) < 4.78 is 11.2. The molecule has 2 aromatic rings. The van der Waals surface area contributed by atoms with Crippen LogP contribution in [0.2, 0.25) is 0 Å². The molecule has 1 aliphatic rings. The van der Waals surface area contributed by atoms with Crippen molar-refractivity contribution in [3.63, 3.8) is 0 Å². The lowest BCUT2D eigenvalue weighted by Gasteiger charge is -2.25. The van der Waals surface area contributed by atoms with Gasteiger partial charge in [0.25, 0.3) is 5.91 Å².